The van der Waals surface area contributed by atoms with E-state index in [-0.39, 0.29) is 11.2 Å². The van der Waals surface area contributed by atoms with Crippen molar-refractivity contribution in [3.8, 4) is 5.88 Å². The Morgan fingerprint density at radius 2 is 2.00 bits per heavy atom. The first-order chi connectivity index (χ1) is 9.87. The quantitative estimate of drug-likeness (QED) is 0.852. The van der Waals surface area contributed by atoms with E-state index < -0.39 is 5.97 Å². The van der Waals surface area contributed by atoms with Gasteiger partial charge in [0.05, 0.1) is 28.7 Å². The molecule has 0 atom stereocenters. The molecule has 0 aliphatic carbocycles. The lowest BCUT2D eigenvalue weighted by Gasteiger charge is -2.19. The second-order valence-electron chi connectivity index (χ2n) is 5.53. The summed E-state index contributed by atoms with van der Waals surface area (Å²) in [5.74, 6) is -0.564. The second-order valence-corrected chi connectivity index (χ2v) is 5.53. The van der Waals surface area contributed by atoms with Gasteiger partial charge in [-0.05, 0) is 39.0 Å². The van der Waals surface area contributed by atoms with E-state index in [2.05, 4.69) is 9.97 Å². The van der Waals surface area contributed by atoms with Gasteiger partial charge >= 0.3 is 5.97 Å². The van der Waals surface area contributed by atoms with E-state index in [1.165, 1.54) is 18.5 Å². The van der Waals surface area contributed by atoms with Gasteiger partial charge in [0.2, 0.25) is 5.88 Å². The lowest BCUT2D eigenvalue weighted by Crippen LogP contribution is -2.22. The molecule has 0 spiro atoms. The van der Waals surface area contributed by atoms with Gasteiger partial charge in [-0.15, -0.1) is 0 Å². The van der Waals surface area contributed by atoms with Crippen molar-refractivity contribution < 1.29 is 19.4 Å². The van der Waals surface area contributed by atoms with Gasteiger partial charge in [0.25, 0.3) is 0 Å². The molecule has 112 valence electrons. The van der Waals surface area contributed by atoms with Crippen LogP contribution < -0.4 is 4.74 Å². The number of benzene rings is 1. The number of fused-ring (bicyclic) bond motifs is 1. The Labute approximate surface area is 122 Å². The monoisotopic (exact) mass is 290 g/mol. The first-order valence-electron chi connectivity index (χ1n) is 6.61. The summed E-state index contributed by atoms with van der Waals surface area (Å²) in [7, 11) is 0. The molecule has 0 aliphatic rings. The van der Waals surface area contributed by atoms with Crippen LogP contribution in [-0.2, 0) is 4.74 Å². The van der Waals surface area contributed by atoms with Crippen molar-refractivity contribution >= 4 is 16.9 Å². The highest BCUT2D eigenvalue weighted by Gasteiger charge is 2.11. The topological polar surface area (TPSA) is 81.5 Å². The van der Waals surface area contributed by atoms with Gasteiger partial charge in [-0.2, -0.15) is 0 Å². The van der Waals surface area contributed by atoms with Crippen LogP contribution in [0, 0.1) is 0 Å². The van der Waals surface area contributed by atoms with E-state index in [0.717, 1.165) is 0 Å². The molecule has 0 amide bonds. The van der Waals surface area contributed by atoms with E-state index >= 15 is 0 Å². The number of nitrogens with zero attached hydrogens (tertiary/aromatic N) is 2. The molecule has 1 aromatic carbocycles. The Bertz CT molecular complexity index is 650. The fraction of sp³-hybridized carbons (Fsp3) is 0.400. The maximum absolute atomic E-state index is 10.9. The minimum absolute atomic E-state index is 0.184. The normalized spacial score (nSPS) is 11.6. The van der Waals surface area contributed by atoms with Crippen LogP contribution >= 0.6 is 0 Å². The molecule has 6 nitrogen and oxygen atoms in total. The first kappa shape index (κ1) is 15.2. The second kappa shape index (κ2) is 6.05. The lowest BCUT2D eigenvalue weighted by atomic mass is 10.1. The molecule has 0 fully saturated rings. The minimum atomic E-state index is -0.989. The number of aromatic nitrogens is 2. The number of carboxylic acids is 1. The van der Waals surface area contributed by atoms with Crippen LogP contribution in [-0.4, -0.2) is 39.9 Å². The molecule has 0 saturated carbocycles. The van der Waals surface area contributed by atoms with Crippen LogP contribution in [0.1, 0.15) is 31.1 Å². The zero-order valence-electron chi connectivity index (χ0n) is 12.3. The average molecular weight is 290 g/mol. The fourth-order valence-electron chi connectivity index (χ4n) is 1.77. The summed E-state index contributed by atoms with van der Waals surface area (Å²) >= 11 is 0. The third-order valence-corrected chi connectivity index (χ3v) is 2.70. The number of hydrogen-bond donors (Lipinski definition) is 1. The smallest absolute Gasteiger partial charge is 0.335 e. The van der Waals surface area contributed by atoms with Crippen molar-refractivity contribution in [3.63, 3.8) is 0 Å². The Morgan fingerprint density at radius 3 is 2.67 bits per heavy atom. The van der Waals surface area contributed by atoms with E-state index in [1.807, 2.05) is 20.8 Å². The predicted octanol–water partition coefficient (Wildman–Crippen LogP) is 2.52. The average Bonchev–Trinajstić information content (AvgIpc) is 2.42. The molecule has 0 saturated heterocycles. The first-order valence-corrected chi connectivity index (χ1v) is 6.61. The summed E-state index contributed by atoms with van der Waals surface area (Å²) < 4.78 is 11.2. The van der Waals surface area contributed by atoms with Gasteiger partial charge in [0, 0.05) is 0 Å². The maximum atomic E-state index is 10.9. The molecule has 0 unspecified atom stereocenters. The molecule has 1 aromatic heterocycles. The number of carbonyl (C=O) groups is 1. The van der Waals surface area contributed by atoms with Crippen LogP contribution in [0.2, 0.25) is 0 Å². The molecule has 0 aliphatic heterocycles. The highest BCUT2D eigenvalue weighted by molar-refractivity contribution is 5.94. The molecule has 1 N–H and O–H groups in total. The van der Waals surface area contributed by atoms with Gasteiger partial charge in [0.1, 0.15) is 12.9 Å². The number of carboxylic acid groups (broad SMARTS) is 1. The summed E-state index contributed by atoms with van der Waals surface area (Å²) in [5, 5.41) is 9.65. The van der Waals surface area contributed by atoms with Crippen molar-refractivity contribution in [3.05, 3.63) is 30.1 Å². The molecule has 6 heteroatoms. The van der Waals surface area contributed by atoms with Gasteiger partial charge in [-0.3, -0.25) is 0 Å². The molecule has 0 radical (unpaired) electrons. The van der Waals surface area contributed by atoms with E-state index in [1.54, 1.807) is 6.07 Å². The minimum Gasteiger partial charge on any atom is -0.478 e. The molecular weight excluding hydrogens is 272 g/mol. The highest BCUT2D eigenvalue weighted by Crippen LogP contribution is 2.22. The lowest BCUT2D eigenvalue weighted by molar-refractivity contribution is -0.0166. The standard InChI is InChI=1S/C15H18N2O4/c1-15(2,3)21-7-6-20-13-11-5-4-10(14(18)19)8-12(11)16-9-17-13/h4-5,8-9H,6-7H2,1-3H3,(H,18,19). The third kappa shape index (κ3) is 4.13. The fourth-order valence-corrected chi connectivity index (χ4v) is 1.77. The van der Waals surface area contributed by atoms with Gasteiger partial charge in [0.15, 0.2) is 0 Å². The zero-order valence-corrected chi connectivity index (χ0v) is 12.3. The Morgan fingerprint density at radius 1 is 1.24 bits per heavy atom. The van der Waals surface area contributed by atoms with Gasteiger partial charge in [-0.25, -0.2) is 14.8 Å². The zero-order chi connectivity index (χ0) is 15.5. The van der Waals surface area contributed by atoms with Crippen LogP contribution in [0.3, 0.4) is 0 Å². The third-order valence-electron chi connectivity index (χ3n) is 2.70. The molecule has 2 aromatic rings. The van der Waals surface area contributed by atoms with Crippen LogP contribution in [0.5, 0.6) is 5.88 Å². The van der Waals surface area contributed by atoms with E-state index in [9.17, 15) is 4.79 Å². The largest absolute Gasteiger partial charge is 0.478 e. The number of aromatic carboxylic acids is 1. The SMILES string of the molecule is CC(C)(C)OCCOc1ncnc2cc(C(=O)O)ccc12. The van der Waals surface area contributed by atoms with E-state index in [0.29, 0.717) is 30.0 Å². The Hall–Kier alpha value is -2.21. The Balaban J connectivity index is 2.12. The van der Waals surface area contributed by atoms with Crippen LogP contribution in [0.4, 0.5) is 0 Å². The number of hydrogen-bond acceptors (Lipinski definition) is 5. The summed E-state index contributed by atoms with van der Waals surface area (Å²) in [6.45, 7) is 6.73. The number of ether oxygens (including phenoxy) is 2. The number of rotatable bonds is 5. The molecule has 1 heterocycles. The maximum Gasteiger partial charge on any atom is 0.335 e. The van der Waals surface area contributed by atoms with Crippen molar-refractivity contribution in [1.29, 1.82) is 0 Å². The molecular formula is C15H18N2O4. The molecule has 2 rings (SSSR count). The van der Waals surface area contributed by atoms with Crippen LogP contribution in [0.15, 0.2) is 24.5 Å². The van der Waals surface area contributed by atoms with Crippen molar-refractivity contribution in [2.45, 2.75) is 26.4 Å². The van der Waals surface area contributed by atoms with E-state index in [4.69, 9.17) is 14.6 Å². The summed E-state index contributed by atoms with van der Waals surface area (Å²) in [6, 6.07) is 4.66. The van der Waals surface area contributed by atoms with Gasteiger partial charge in [-0.1, -0.05) is 0 Å². The summed E-state index contributed by atoms with van der Waals surface area (Å²) in [5.41, 5.74) is 0.507. The van der Waals surface area contributed by atoms with Crippen molar-refractivity contribution in [2.75, 3.05) is 13.2 Å². The summed E-state index contributed by atoms with van der Waals surface area (Å²) in [6.07, 6.45) is 1.36. The summed E-state index contributed by atoms with van der Waals surface area (Å²) in [4.78, 5) is 19.1. The van der Waals surface area contributed by atoms with Gasteiger partial charge < -0.3 is 14.6 Å². The highest BCUT2D eigenvalue weighted by atomic mass is 16.5. The van der Waals surface area contributed by atoms with Crippen molar-refractivity contribution in [1.82, 2.24) is 9.97 Å². The van der Waals surface area contributed by atoms with Crippen LogP contribution in [0.25, 0.3) is 10.9 Å². The predicted molar refractivity (Wildman–Crippen MR) is 77.7 cm³/mol. The molecule has 21 heavy (non-hydrogen) atoms. The van der Waals surface area contributed by atoms with Crippen molar-refractivity contribution in [2.24, 2.45) is 0 Å². The Kier molecular flexibility index (Phi) is 4.37. The molecule has 0 bridgehead atoms.